The van der Waals surface area contributed by atoms with Crippen molar-refractivity contribution in [1.29, 1.82) is 0 Å². The Labute approximate surface area is 65.7 Å². The van der Waals surface area contributed by atoms with Gasteiger partial charge in [0.25, 0.3) is 0 Å². The number of hydrogen-bond donors (Lipinski definition) is 0. The average Bonchev–Trinajstić information content (AvgIpc) is 2.06. The van der Waals surface area contributed by atoms with Gasteiger partial charge < -0.3 is 0 Å². The van der Waals surface area contributed by atoms with Crippen molar-refractivity contribution >= 4 is 11.6 Å². The smallest absolute Gasteiger partial charge is 0.179 e. The van der Waals surface area contributed by atoms with Crippen LogP contribution in [0.15, 0.2) is 39.1 Å². The fourth-order valence-corrected chi connectivity index (χ4v) is 0.601. The Bertz CT molecular complexity index is 283. The third-order valence-electron chi connectivity index (χ3n) is 1.00. The molecule has 0 aliphatic carbocycles. The van der Waals surface area contributed by atoms with Crippen molar-refractivity contribution in [1.82, 2.24) is 4.98 Å². The van der Waals surface area contributed by atoms with Gasteiger partial charge in [-0.2, -0.15) is 0 Å². The van der Waals surface area contributed by atoms with E-state index in [9.17, 15) is 8.96 Å². The van der Waals surface area contributed by atoms with E-state index in [-0.39, 0.29) is 11.6 Å². The standard InChI is InChI=1S/C5H3F2N5/c6-11-9-4-2-1-3-5(8-4)10-12-7/h1-3H/b11-9+,12-10?. The minimum absolute atomic E-state index is 0.00222. The first-order valence-electron chi connectivity index (χ1n) is 2.88. The van der Waals surface area contributed by atoms with Crippen molar-refractivity contribution in [2.75, 3.05) is 0 Å². The first-order chi connectivity index (χ1) is 5.86. The van der Waals surface area contributed by atoms with Gasteiger partial charge in [0.15, 0.2) is 11.6 Å². The van der Waals surface area contributed by atoms with Crippen molar-refractivity contribution < 1.29 is 8.96 Å². The molecule has 0 aliphatic rings. The molecule has 0 saturated heterocycles. The summed E-state index contributed by atoms with van der Waals surface area (Å²) in [5.41, 5.74) is 0. The summed E-state index contributed by atoms with van der Waals surface area (Å²) in [4.78, 5) is 3.55. The quantitative estimate of drug-likeness (QED) is 0.630. The number of pyridine rings is 1. The van der Waals surface area contributed by atoms with E-state index in [4.69, 9.17) is 0 Å². The van der Waals surface area contributed by atoms with E-state index in [2.05, 4.69) is 15.2 Å². The average molecular weight is 171 g/mol. The lowest BCUT2D eigenvalue weighted by molar-refractivity contribution is 0.489. The highest BCUT2D eigenvalue weighted by Crippen LogP contribution is 2.15. The first-order valence-corrected chi connectivity index (χ1v) is 2.88. The largest absolute Gasteiger partial charge is 0.206 e. The monoisotopic (exact) mass is 171 g/mol. The molecule has 0 spiro atoms. The molecule has 0 aromatic carbocycles. The van der Waals surface area contributed by atoms with Gasteiger partial charge >= 0.3 is 0 Å². The van der Waals surface area contributed by atoms with Crippen LogP contribution in [0.1, 0.15) is 0 Å². The second-order valence-electron chi connectivity index (χ2n) is 1.71. The molecule has 62 valence electrons. The number of nitrogens with zero attached hydrogens (tertiary/aromatic N) is 5. The van der Waals surface area contributed by atoms with Crippen LogP contribution in [0.3, 0.4) is 0 Å². The summed E-state index contributed by atoms with van der Waals surface area (Å²) in [5, 5.41) is 9.95. The zero-order valence-corrected chi connectivity index (χ0v) is 5.72. The van der Waals surface area contributed by atoms with Gasteiger partial charge in [0, 0.05) is 10.7 Å². The van der Waals surface area contributed by atoms with Crippen molar-refractivity contribution in [2.45, 2.75) is 0 Å². The second-order valence-corrected chi connectivity index (χ2v) is 1.71. The van der Waals surface area contributed by atoms with Gasteiger partial charge in [0.2, 0.25) is 0 Å². The molecular weight excluding hydrogens is 168 g/mol. The van der Waals surface area contributed by atoms with E-state index in [0.717, 1.165) is 0 Å². The molecule has 0 amide bonds. The van der Waals surface area contributed by atoms with Gasteiger partial charge in [-0.1, -0.05) is 15.0 Å². The molecule has 1 heterocycles. The molecule has 1 rings (SSSR count). The summed E-state index contributed by atoms with van der Waals surface area (Å²) in [6.45, 7) is 0. The van der Waals surface area contributed by atoms with Gasteiger partial charge in [0.1, 0.15) is 0 Å². The Balaban J connectivity index is 2.95. The number of halogens is 2. The Kier molecular flexibility index (Phi) is 2.88. The van der Waals surface area contributed by atoms with E-state index in [0.29, 0.717) is 0 Å². The molecule has 12 heavy (non-hydrogen) atoms. The van der Waals surface area contributed by atoms with Crippen molar-refractivity contribution in [3.8, 4) is 0 Å². The van der Waals surface area contributed by atoms with E-state index in [1.807, 2.05) is 10.7 Å². The zero-order chi connectivity index (χ0) is 8.81. The second kappa shape index (κ2) is 4.16. The van der Waals surface area contributed by atoms with E-state index < -0.39 is 0 Å². The molecule has 7 heteroatoms. The fourth-order valence-electron chi connectivity index (χ4n) is 0.601. The van der Waals surface area contributed by atoms with E-state index in [1.54, 1.807) is 0 Å². The molecule has 0 atom stereocenters. The van der Waals surface area contributed by atoms with Crippen molar-refractivity contribution in [3.63, 3.8) is 0 Å². The molecule has 0 aliphatic heterocycles. The number of aromatic nitrogens is 1. The molecule has 1 aromatic rings. The summed E-state index contributed by atoms with van der Waals surface area (Å²) >= 11 is 0. The minimum Gasteiger partial charge on any atom is -0.206 e. The molecule has 0 unspecified atom stereocenters. The summed E-state index contributed by atoms with van der Waals surface area (Å²) in [7, 11) is 0. The van der Waals surface area contributed by atoms with Crippen LogP contribution in [0, 0.1) is 0 Å². The Morgan fingerprint density at radius 3 is 1.92 bits per heavy atom. The molecular formula is C5H3F2N5. The predicted octanol–water partition coefficient (Wildman–Crippen LogP) is 3.02. The van der Waals surface area contributed by atoms with Crippen LogP contribution < -0.4 is 0 Å². The molecule has 0 bridgehead atoms. The lowest BCUT2D eigenvalue weighted by atomic mass is 10.4. The first kappa shape index (κ1) is 8.31. The Morgan fingerprint density at radius 2 is 1.50 bits per heavy atom. The Morgan fingerprint density at radius 1 is 1.00 bits per heavy atom. The summed E-state index contributed by atoms with van der Waals surface area (Å²) in [6, 6.07) is 4.25. The zero-order valence-electron chi connectivity index (χ0n) is 5.72. The molecule has 0 radical (unpaired) electrons. The van der Waals surface area contributed by atoms with Crippen LogP contribution >= 0.6 is 0 Å². The summed E-state index contributed by atoms with van der Waals surface area (Å²) in [5.74, 6) is 0.00444. The maximum Gasteiger partial charge on any atom is 0.179 e. The third-order valence-corrected chi connectivity index (χ3v) is 1.00. The molecule has 0 fully saturated rings. The van der Waals surface area contributed by atoms with Crippen LogP contribution in [-0.4, -0.2) is 4.98 Å². The van der Waals surface area contributed by atoms with Gasteiger partial charge in [-0.05, 0) is 12.1 Å². The van der Waals surface area contributed by atoms with Crippen LogP contribution in [0.5, 0.6) is 0 Å². The van der Waals surface area contributed by atoms with Crippen LogP contribution in [0.25, 0.3) is 0 Å². The van der Waals surface area contributed by atoms with Crippen LogP contribution in [-0.2, 0) is 0 Å². The molecule has 0 saturated carbocycles. The maximum absolute atomic E-state index is 11.3. The highest BCUT2D eigenvalue weighted by Gasteiger charge is 1.93. The maximum atomic E-state index is 11.3. The van der Waals surface area contributed by atoms with E-state index >= 15 is 0 Å². The van der Waals surface area contributed by atoms with Gasteiger partial charge in [-0.3, -0.25) is 0 Å². The van der Waals surface area contributed by atoms with Crippen molar-refractivity contribution in [2.24, 2.45) is 20.9 Å². The predicted molar refractivity (Wildman–Crippen MR) is 35.5 cm³/mol. The molecule has 0 N–H and O–H groups in total. The summed E-state index contributed by atoms with van der Waals surface area (Å²) in [6.07, 6.45) is 0. The molecule has 5 nitrogen and oxygen atoms in total. The SMILES string of the molecule is FN=Nc1cccc(/N=N/F)n1. The number of rotatable bonds is 2. The van der Waals surface area contributed by atoms with Gasteiger partial charge in [-0.25, -0.2) is 4.98 Å². The van der Waals surface area contributed by atoms with Gasteiger partial charge in [-0.15, -0.1) is 10.2 Å². The van der Waals surface area contributed by atoms with Crippen molar-refractivity contribution in [3.05, 3.63) is 18.2 Å². The normalized spacial score (nSPS) is 11.5. The van der Waals surface area contributed by atoms with Crippen LogP contribution in [0.2, 0.25) is 0 Å². The van der Waals surface area contributed by atoms with Crippen LogP contribution in [0.4, 0.5) is 20.6 Å². The topological polar surface area (TPSA) is 62.3 Å². The summed E-state index contributed by atoms with van der Waals surface area (Å²) < 4.78 is 22.6. The third kappa shape index (κ3) is 2.11. The number of hydrogen-bond acceptors (Lipinski definition) is 5. The molecule has 1 aromatic heterocycles. The van der Waals surface area contributed by atoms with E-state index in [1.165, 1.54) is 18.2 Å². The van der Waals surface area contributed by atoms with Gasteiger partial charge in [0.05, 0.1) is 0 Å². The highest BCUT2D eigenvalue weighted by molar-refractivity contribution is 5.36. The lowest BCUT2D eigenvalue weighted by Crippen LogP contribution is -1.71. The Hall–Kier alpha value is -1.79. The highest BCUT2D eigenvalue weighted by atomic mass is 19.2. The minimum atomic E-state index is 0.00222. The lowest BCUT2D eigenvalue weighted by Gasteiger charge is -1.89. The fraction of sp³-hybridized carbons (Fsp3) is 0.